The maximum atomic E-state index is 9.83. The van der Waals surface area contributed by atoms with E-state index >= 15 is 0 Å². The molecule has 1 aromatic carbocycles. The second-order valence-corrected chi connectivity index (χ2v) is 4.16. The van der Waals surface area contributed by atoms with Gasteiger partial charge in [-0.25, -0.2) is 4.98 Å². The van der Waals surface area contributed by atoms with Crippen molar-refractivity contribution in [3.63, 3.8) is 0 Å². The highest BCUT2D eigenvalue weighted by Gasteiger charge is 2.20. The van der Waals surface area contributed by atoms with Crippen LogP contribution in [0.3, 0.4) is 0 Å². The molecule has 0 atom stereocenters. The van der Waals surface area contributed by atoms with E-state index in [-0.39, 0.29) is 0 Å². The Hall–Kier alpha value is -1.39. The molecule has 4 N–H and O–H groups in total. The van der Waals surface area contributed by atoms with E-state index in [1.165, 1.54) is 0 Å². The third-order valence-electron chi connectivity index (χ3n) is 2.40. The summed E-state index contributed by atoms with van der Waals surface area (Å²) in [7, 11) is 0. The van der Waals surface area contributed by atoms with Gasteiger partial charge < -0.3 is 15.8 Å². The largest absolute Gasteiger partial charge is 0.383 e. The summed E-state index contributed by atoms with van der Waals surface area (Å²) in [5.74, 6) is 0.568. The van der Waals surface area contributed by atoms with E-state index in [9.17, 15) is 5.11 Å². The third-order valence-corrected chi connectivity index (χ3v) is 2.40. The molecule has 0 radical (unpaired) electrons. The Morgan fingerprint density at radius 2 is 2.20 bits per heavy atom. The molecule has 1 aromatic heterocycles. The highest BCUT2D eigenvalue weighted by atomic mass is 16.3. The number of aromatic nitrogens is 2. The van der Waals surface area contributed by atoms with Crippen LogP contribution in [0.15, 0.2) is 18.2 Å². The van der Waals surface area contributed by atoms with Gasteiger partial charge >= 0.3 is 0 Å². The van der Waals surface area contributed by atoms with Crippen molar-refractivity contribution in [3.05, 3.63) is 29.6 Å². The SMILES string of the molecule is CC(C)(O)c1nc2c(CN)cccc2[nH]1. The fraction of sp³-hybridized carbons (Fsp3) is 0.364. The molecule has 0 saturated carbocycles. The maximum Gasteiger partial charge on any atom is 0.138 e. The lowest BCUT2D eigenvalue weighted by atomic mass is 10.1. The minimum Gasteiger partial charge on any atom is -0.383 e. The molecule has 4 heteroatoms. The number of aliphatic hydroxyl groups is 1. The van der Waals surface area contributed by atoms with Gasteiger partial charge in [-0.2, -0.15) is 0 Å². The fourth-order valence-corrected chi connectivity index (χ4v) is 1.55. The average Bonchev–Trinajstić information content (AvgIpc) is 2.59. The quantitative estimate of drug-likeness (QED) is 0.690. The number of rotatable bonds is 2. The van der Waals surface area contributed by atoms with Crippen LogP contribution in [-0.4, -0.2) is 15.1 Å². The molecular formula is C11H15N3O. The maximum absolute atomic E-state index is 9.83. The zero-order valence-corrected chi connectivity index (χ0v) is 8.91. The zero-order chi connectivity index (χ0) is 11.1. The first-order valence-electron chi connectivity index (χ1n) is 4.93. The second kappa shape index (κ2) is 3.32. The van der Waals surface area contributed by atoms with Crippen LogP contribution in [0, 0.1) is 0 Å². The van der Waals surface area contributed by atoms with E-state index < -0.39 is 5.60 Å². The monoisotopic (exact) mass is 205 g/mol. The standard InChI is InChI=1S/C11H15N3O/c1-11(2,15)10-13-8-5-3-4-7(6-12)9(8)14-10/h3-5,15H,6,12H2,1-2H3,(H,13,14). The highest BCUT2D eigenvalue weighted by Crippen LogP contribution is 2.22. The summed E-state index contributed by atoms with van der Waals surface area (Å²) in [6, 6.07) is 5.80. The molecule has 0 unspecified atom stereocenters. The summed E-state index contributed by atoms with van der Waals surface area (Å²) in [5.41, 5.74) is 7.41. The Kier molecular flexibility index (Phi) is 2.25. The number of imidazole rings is 1. The van der Waals surface area contributed by atoms with Crippen LogP contribution in [-0.2, 0) is 12.1 Å². The Balaban J connectivity index is 2.65. The Labute approximate surface area is 88.1 Å². The van der Waals surface area contributed by atoms with Crippen LogP contribution in [0.5, 0.6) is 0 Å². The van der Waals surface area contributed by atoms with Crippen LogP contribution >= 0.6 is 0 Å². The normalized spacial score (nSPS) is 12.3. The number of nitrogens with two attached hydrogens (primary N) is 1. The lowest BCUT2D eigenvalue weighted by molar-refractivity contribution is 0.0700. The van der Waals surface area contributed by atoms with E-state index in [4.69, 9.17) is 5.73 Å². The minimum atomic E-state index is -0.953. The van der Waals surface area contributed by atoms with Crippen LogP contribution in [0.2, 0.25) is 0 Å². The van der Waals surface area contributed by atoms with Crippen molar-refractivity contribution in [2.45, 2.75) is 26.0 Å². The first-order valence-corrected chi connectivity index (χ1v) is 4.93. The summed E-state index contributed by atoms with van der Waals surface area (Å²) in [6.45, 7) is 3.85. The molecule has 15 heavy (non-hydrogen) atoms. The van der Waals surface area contributed by atoms with E-state index in [1.54, 1.807) is 13.8 Å². The lowest BCUT2D eigenvalue weighted by Crippen LogP contribution is -2.17. The molecule has 0 amide bonds. The summed E-state index contributed by atoms with van der Waals surface area (Å²) in [5, 5.41) is 9.83. The number of aromatic amines is 1. The van der Waals surface area contributed by atoms with Crippen molar-refractivity contribution in [3.8, 4) is 0 Å². The molecule has 0 spiro atoms. The van der Waals surface area contributed by atoms with E-state index in [1.807, 2.05) is 18.2 Å². The second-order valence-electron chi connectivity index (χ2n) is 4.16. The number of H-pyrrole nitrogens is 1. The first kappa shape index (κ1) is 10.1. The predicted molar refractivity (Wildman–Crippen MR) is 59.2 cm³/mol. The molecule has 0 bridgehead atoms. The predicted octanol–water partition coefficient (Wildman–Crippen LogP) is 1.25. The smallest absolute Gasteiger partial charge is 0.138 e. The van der Waals surface area contributed by atoms with Gasteiger partial charge in [-0.05, 0) is 25.5 Å². The van der Waals surface area contributed by atoms with Crippen LogP contribution in [0.25, 0.3) is 11.0 Å². The first-order chi connectivity index (χ1) is 7.02. The van der Waals surface area contributed by atoms with E-state index in [2.05, 4.69) is 9.97 Å². The van der Waals surface area contributed by atoms with Crippen LogP contribution < -0.4 is 5.73 Å². The molecule has 2 rings (SSSR count). The van der Waals surface area contributed by atoms with Gasteiger partial charge in [0.25, 0.3) is 0 Å². The van der Waals surface area contributed by atoms with E-state index in [0.29, 0.717) is 12.4 Å². The Bertz CT molecular complexity index is 482. The number of nitrogens with zero attached hydrogens (tertiary/aromatic N) is 1. The van der Waals surface area contributed by atoms with Crippen molar-refractivity contribution in [1.82, 2.24) is 9.97 Å². The van der Waals surface area contributed by atoms with Crippen LogP contribution in [0.4, 0.5) is 0 Å². The zero-order valence-electron chi connectivity index (χ0n) is 8.91. The van der Waals surface area contributed by atoms with Crippen molar-refractivity contribution < 1.29 is 5.11 Å². The van der Waals surface area contributed by atoms with Crippen molar-refractivity contribution in [1.29, 1.82) is 0 Å². The van der Waals surface area contributed by atoms with Crippen molar-refractivity contribution >= 4 is 11.0 Å². The lowest BCUT2D eigenvalue weighted by Gasteiger charge is -2.12. The fourth-order valence-electron chi connectivity index (χ4n) is 1.55. The highest BCUT2D eigenvalue weighted by molar-refractivity contribution is 5.78. The van der Waals surface area contributed by atoms with Gasteiger partial charge in [0.05, 0.1) is 11.0 Å². The van der Waals surface area contributed by atoms with Gasteiger partial charge in [-0.15, -0.1) is 0 Å². The van der Waals surface area contributed by atoms with Gasteiger partial charge in [0, 0.05) is 6.54 Å². The molecule has 0 aliphatic rings. The summed E-state index contributed by atoms with van der Waals surface area (Å²) in [4.78, 5) is 7.46. The molecular weight excluding hydrogens is 190 g/mol. The minimum absolute atomic E-state index is 0.452. The number of para-hydroxylation sites is 1. The molecule has 4 nitrogen and oxygen atoms in total. The van der Waals surface area contributed by atoms with Gasteiger partial charge in [0.1, 0.15) is 11.4 Å². The molecule has 80 valence electrons. The molecule has 2 aromatic rings. The molecule has 0 fully saturated rings. The number of fused-ring (bicyclic) bond motifs is 1. The number of nitrogens with one attached hydrogen (secondary N) is 1. The summed E-state index contributed by atoms with van der Waals surface area (Å²) in [6.07, 6.45) is 0. The van der Waals surface area contributed by atoms with Gasteiger partial charge in [-0.1, -0.05) is 12.1 Å². The van der Waals surface area contributed by atoms with Gasteiger partial charge in [0.2, 0.25) is 0 Å². The van der Waals surface area contributed by atoms with Crippen molar-refractivity contribution in [2.75, 3.05) is 0 Å². The van der Waals surface area contributed by atoms with Gasteiger partial charge in [0.15, 0.2) is 0 Å². The molecule has 0 aliphatic heterocycles. The summed E-state index contributed by atoms with van der Waals surface area (Å²) < 4.78 is 0. The molecule has 1 heterocycles. The Morgan fingerprint density at radius 3 is 2.80 bits per heavy atom. The summed E-state index contributed by atoms with van der Waals surface area (Å²) >= 11 is 0. The molecule has 0 aliphatic carbocycles. The number of benzene rings is 1. The third kappa shape index (κ3) is 1.73. The molecule has 0 saturated heterocycles. The number of hydrogen-bond acceptors (Lipinski definition) is 3. The topological polar surface area (TPSA) is 74.9 Å². The van der Waals surface area contributed by atoms with Crippen molar-refractivity contribution in [2.24, 2.45) is 5.73 Å². The van der Waals surface area contributed by atoms with Gasteiger partial charge in [-0.3, -0.25) is 0 Å². The average molecular weight is 205 g/mol. The number of hydrogen-bond donors (Lipinski definition) is 3. The van der Waals surface area contributed by atoms with E-state index in [0.717, 1.165) is 16.6 Å². The Morgan fingerprint density at radius 1 is 1.47 bits per heavy atom. The van der Waals surface area contributed by atoms with Crippen LogP contribution in [0.1, 0.15) is 25.2 Å².